The standard InChI is InChI=1S/C11H10F3NS/c1-8-4-5-10(16-11(12,13)14)7-9(8)3-2-6-15/h4-5,7H,2-3H2,1H3. The Bertz CT molecular complexity index is 407. The lowest BCUT2D eigenvalue weighted by Gasteiger charge is -2.09. The molecule has 0 saturated heterocycles. The van der Waals surface area contributed by atoms with Crippen LogP contribution in [0.1, 0.15) is 17.5 Å². The van der Waals surface area contributed by atoms with Crippen molar-refractivity contribution in [3.05, 3.63) is 29.3 Å². The predicted octanol–water partition coefficient (Wildman–Crippen LogP) is 4.06. The van der Waals surface area contributed by atoms with Crippen molar-refractivity contribution in [2.75, 3.05) is 0 Å². The quantitative estimate of drug-likeness (QED) is 0.750. The van der Waals surface area contributed by atoms with Crippen molar-refractivity contribution in [2.24, 2.45) is 0 Å². The number of alkyl halides is 3. The highest BCUT2D eigenvalue weighted by Gasteiger charge is 2.29. The van der Waals surface area contributed by atoms with Gasteiger partial charge < -0.3 is 0 Å². The molecule has 0 N–H and O–H groups in total. The van der Waals surface area contributed by atoms with Crippen LogP contribution in [0, 0.1) is 18.3 Å². The fraction of sp³-hybridized carbons (Fsp3) is 0.364. The van der Waals surface area contributed by atoms with E-state index in [0.29, 0.717) is 12.8 Å². The summed E-state index contributed by atoms with van der Waals surface area (Å²) in [5.74, 6) is 0. The lowest BCUT2D eigenvalue weighted by molar-refractivity contribution is -0.0328. The molecule has 1 rings (SSSR count). The number of benzene rings is 1. The zero-order valence-electron chi connectivity index (χ0n) is 8.64. The maximum absolute atomic E-state index is 12.1. The van der Waals surface area contributed by atoms with E-state index in [0.717, 1.165) is 11.1 Å². The van der Waals surface area contributed by atoms with Crippen molar-refractivity contribution in [2.45, 2.75) is 30.2 Å². The van der Waals surface area contributed by atoms with Gasteiger partial charge >= 0.3 is 5.51 Å². The van der Waals surface area contributed by atoms with Gasteiger partial charge in [0.2, 0.25) is 0 Å². The molecule has 86 valence electrons. The molecular weight excluding hydrogens is 235 g/mol. The molecule has 0 bridgehead atoms. The first-order chi connectivity index (χ1) is 7.42. The fourth-order valence-electron chi connectivity index (χ4n) is 1.30. The van der Waals surface area contributed by atoms with Crippen molar-refractivity contribution in [3.63, 3.8) is 0 Å². The maximum atomic E-state index is 12.1. The zero-order valence-corrected chi connectivity index (χ0v) is 9.45. The summed E-state index contributed by atoms with van der Waals surface area (Å²) in [6.07, 6.45) is 0.815. The second kappa shape index (κ2) is 5.26. The smallest absolute Gasteiger partial charge is 0.198 e. The molecule has 0 saturated carbocycles. The number of halogens is 3. The van der Waals surface area contributed by atoms with Crippen LogP contribution in [-0.2, 0) is 6.42 Å². The Morgan fingerprint density at radius 2 is 2.06 bits per heavy atom. The van der Waals surface area contributed by atoms with E-state index in [1.54, 1.807) is 6.07 Å². The van der Waals surface area contributed by atoms with Crippen LogP contribution >= 0.6 is 11.8 Å². The normalized spacial score (nSPS) is 11.2. The largest absolute Gasteiger partial charge is 0.446 e. The molecule has 0 fully saturated rings. The number of thioether (sulfide) groups is 1. The molecule has 0 amide bonds. The van der Waals surface area contributed by atoms with E-state index >= 15 is 0 Å². The van der Waals surface area contributed by atoms with Crippen LogP contribution in [0.15, 0.2) is 23.1 Å². The highest BCUT2D eigenvalue weighted by atomic mass is 32.2. The van der Waals surface area contributed by atoms with E-state index < -0.39 is 5.51 Å². The van der Waals surface area contributed by atoms with E-state index in [4.69, 9.17) is 5.26 Å². The van der Waals surface area contributed by atoms with Gasteiger partial charge in [0.25, 0.3) is 0 Å². The van der Waals surface area contributed by atoms with Gasteiger partial charge in [-0.25, -0.2) is 0 Å². The van der Waals surface area contributed by atoms with Crippen LogP contribution < -0.4 is 0 Å². The van der Waals surface area contributed by atoms with Crippen LogP contribution in [0.2, 0.25) is 0 Å². The fourth-order valence-corrected chi connectivity index (χ4v) is 1.91. The van der Waals surface area contributed by atoms with Crippen molar-refractivity contribution >= 4 is 11.8 Å². The van der Waals surface area contributed by atoms with Gasteiger partial charge in [-0.15, -0.1) is 0 Å². The Hall–Kier alpha value is -1.15. The van der Waals surface area contributed by atoms with Crippen molar-refractivity contribution in [3.8, 4) is 6.07 Å². The Morgan fingerprint density at radius 1 is 1.38 bits per heavy atom. The molecular formula is C11H10F3NS. The summed E-state index contributed by atoms with van der Waals surface area (Å²) >= 11 is -0.126. The number of nitriles is 1. The van der Waals surface area contributed by atoms with Crippen LogP contribution in [0.25, 0.3) is 0 Å². The highest BCUT2D eigenvalue weighted by molar-refractivity contribution is 8.00. The monoisotopic (exact) mass is 245 g/mol. The Labute approximate surface area is 96.3 Å². The zero-order chi connectivity index (χ0) is 12.2. The highest BCUT2D eigenvalue weighted by Crippen LogP contribution is 2.37. The van der Waals surface area contributed by atoms with E-state index in [1.807, 2.05) is 13.0 Å². The summed E-state index contributed by atoms with van der Waals surface area (Å²) < 4.78 is 36.4. The summed E-state index contributed by atoms with van der Waals surface area (Å²) in [6, 6.07) is 6.59. The SMILES string of the molecule is Cc1ccc(SC(F)(F)F)cc1CCC#N. The molecule has 0 aromatic heterocycles. The van der Waals surface area contributed by atoms with Gasteiger partial charge in [0, 0.05) is 11.3 Å². The van der Waals surface area contributed by atoms with Gasteiger partial charge in [-0.05, 0) is 48.4 Å². The third-order valence-electron chi connectivity index (χ3n) is 2.06. The van der Waals surface area contributed by atoms with Crippen LogP contribution in [0.5, 0.6) is 0 Å². The van der Waals surface area contributed by atoms with Gasteiger partial charge in [-0.3, -0.25) is 0 Å². The number of rotatable bonds is 3. The number of hydrogen-bond donors (Lipinski definition) is 0. The van der Waals surface area contributed by atoms with Gasteiger partial charge in [0.15, 0.2) is 0 Å². The first-order valence-corrected chi connectivity index (χ1v) is 5.46. The predicted molar refractivity (Wildman–Crippen MR) is 57.0 cm³/mol. The Balaban J connectivity index is 2.86. The molecule has 1 nitrogen and oxygen atoms in total. The molecule has 0 aliphatic rings. The van der Waals surface area contributed by atoms with E-state index in [1.165, 1.54) is 12.1 Å². The average molecular weight is 245 g/mol. The van der Waals surface area contributed by atoms with Gasteiger partial charge in [-0.1, -0.05) is 6.07 Å². The molecule has 0 aliphatic heterocycles. The molecule has 16 heavy (non-hydrogen) atoms. The summed E-state index contributed by atoms with van der Waals surface area (Å²) in [7, 11) is 0. The molecule has 0 heterocycles. The first-order valence-electron chi connectivity index (χ1n) is 4.64. The maximum Gasteiger partial charge on any atom is 0.446 e. The van der Waals surface area contributed by atoms with Crippen LogP contribution in [-0.4, -0.2) is 5.51 Å². The van der Waals surface area contributed by atoms with Crippen molar-refractivity contribution < 1.29 is 13.2 Å². The molecule has 0 atom stereocenters. The average Bonchev–Trinajstić information content (AvgIpc) is 2.17. The molecule has 0 unspecified atom stereocenters. The third kappa shape index (κ3) is 4.15. The van der Waals surface area contributed by atoms with Crippen molar-refractivity contribution in [1.82, 2.24) is 0 Å². The lowest BCUT2D eigenvalue weighted by Crippen LogP contribution is -1.99. The Kier molecular flexibility index (Phi) is 4.25. The lowest BCUT2D eigenvalue weighted by atomic mass is 10.0. The Morgan fingerprint density at radius 3 is 2.62 bits per heavy atom. The number of hydrogen-bond acceptors (Lipinski definition) is 2. The molecule has 1 aromatic carbocycles. The minimum atomic E-state index is -4.26. The van der Waals surface area contributed by atoms with Crippen LogP contribution in [0.4, 0.5) is 13.2 Å². The summed E-state index contributed by atoms with van der Waals surface area (Å²) in [4.78, 5) is 0.172. The summed E-state index contributed by atoms with van der Waals surface area (Å²) in [5.41, 5.74) is -2.54. The van der Waals surface area contributed by atoms with Gasteiger partial charge in [-0.2, -0.15) is 18.4 Å². The minimum absolute atomic E-state index is 0.126. The molecule has 0 aliphatic carbocycles. The van der Waals surface area contributed by atoms with E-state index in [9.17, 15) is 13.2 Å². The topological polar surface area (TPSA) is 23.8 Å². The van der Waals surface area contributed by atoms with Crippen LogP contribution in [0.3, 0.4) is 0 Å². The van der Waals surface area contributed by atoms with Gasteiger partial charge in [0.05, 0.1) is 6.07 Å². The molecule has 5 heteroatoms. The van der Waals surface area contributed by atoms with Gasteiger partial charge in [0.1, 0.15) is 0 Å². The molecule has 1 aromatic rings. The first kappa shape index (κ1) is 12.9. The number of aryl methyl sites for hydroxylation is 2. The minimum Gasteiger partial charge on any atom is -0.198 e. The third-order valence-corrected chi connectivity index (χ3v) is 2.78. The van der Waals surface area contributed by atoms with E-state index in [-0.39, 0.29) is 16.7 Å². The number of nitrogens with zero attached hydrogens (tertiary/aromatic N) is 1. The summed E-state index contributed by atoms with van der Waals surface area (Å²) in [5, 5.41) is 8.44. The van der Waals surface area contributed by atoms with E-state index in [2.05, 4.69) is 0 Å². The summed E-state index contributed by atoms with van der Waals surface area (Å²) in [6.45, 7) is 1.83. The second-order valence-corrected chi connectivity index (χ2v) is 4.43. The van der Waals surface area contributed by atoms with Crippen molar-refractivity contribution in [1.29, 1.82) is 5.26 Å². The second-order valence-electron chi connectivity index (χ2n) is 3.29. The molecule has 0 radical (unpaired) electrons. The molecule has 0 spiro atoms.